The molecule has 0 amide bonds. The number of hydrogen-bond acceptors (Lipinski definition) is 4. The van der Waals surface area contributed by atoms with Gasteiger partial charge in [0, 0.05) is 45.7 Å². The van der Waals surface area contributed by atoms with Crippen molar-refractivity contribution in [3.8, 4) is 22.5 Å². The summed E-state index contributed by atoms with van der Waals surface area (Å²) in [5, 5.41) is 12.8. The highest BCUT2D eigenvalue weighted by Gasteiger charge is 2.15. The van der Waals surface area contributed by atoms with Crippen LogP contribution >= 0.6 is 0 Å². The minimum Gasteiger partial charge on any atom is -0.359 e. The molecule has 5 rings (SSSR count). The Morgan fingerprint density at radius 3 is 2.66 bits per heavy atom. The number of fused-ring (bicyclic) bond motifs is 2. The van der Waals surface area contributed by atoms with E-state index >= 15 is 0 Å². The van der Waals surface area contributed by atoms with Gasteiger partial charge in [0.2, 0.25) is 0 Å². The standard InChI is InChI=1S/C31H29FN6/c1-5-8-19(4)35-24(7-3)13-20(6-2)22-14-26-30(37-38-31(26)34-16-22)28-15-25-27(17-33-18-29(25)36-28)21-9-11-23(32)12-10-21/h6-7,9-18,35-36H,3-5,8H2,1-2H3,(H,34,37,38)/b20-6+,24-13+. The number of nitrogens with zero attached hydrogens (tertiary/aromatic N) is 3. The van der Waals surface area contributed by atoms with Crippen molar-refractivity contribution in [2.24, 2.45) is 0 Å². The van der Waals surface area contributed by atoms with E-state index in [1.54, 1.807) is 30.6 Å². The van der Waals surface area contributed by atoms with Gasteiger partial charge in [-0.15, -0.1) is 0 Å². The first-order chi connectivity index (χ1) is 18.5. The molecule has 0 radical (unpaired) electrons. The third-order valence-corrected chi connectivity index (χ3v) is 6.43. The van der Waals surface area contributed by atoms with Crippen molar-refractivity contribution in [3.63, 3.8) is 0 Å². The third-order valence-electron chi connectivity index (χ3n) is 6.43. The van der Waals surface area contributed by atoms with Crippen LogP contribution in [0.3, 0.4) is 0 Å². The summed E-state index contributed by atoms with van der Waals surface area (Å²) >= 11 is 0. The van der Waals surface area contributed by atoms with Crippen molar-refractivity contribution in [1.29, 1.82) is 0 Å². The molecule has 4 heterocycles. The molecule has 0 aliphatic rings. The van der Waals surface area contributed by atoms with Gasteiger partial charge >= 0.3 is 0 Å². The van der Waals surface area contributed by atoms with Crippen LogP contribution in [-0.2, 0) is 0 Å². The molecule has 0 aliphatic heterocycles. The molecule has 0 bridgehead atoms. The van der Waals surface area contributed by atoms with Crippen molar-refractivity contribution < 1.29 is 4.39 Å². The van der Waals surface area contributed by atoms with E-state index in [9.17, 15) is 4.39 Å². The maximum absolute atomic E-state index is 13.5. The Morgan fingerprint density at radius 1 is 1.11 bits per heavy atom. The molecule has 6 nitrogen and oxygen atoms in total. The number of aromatic nitrogens is 5. The monoisotopic (exact) mass is 504 g/mol. The summed E-state index contributed by atoms with van der Waals surface area (Å²) < 4.78 is 13.5. The number of benzene rings is 1. The zero-order chi connectivity index (χ0) is 26.6. The summed E-state index contributed by atoms with van der Waals surface area (Å²) in [6.07, 6.45) is 13.2. The number of nitrogens with one attached hydrogen (secondary N) is 3. The van der Waals surface area contributed by atoms with E-state index in [4.69, 9.17) is 0 Å². The molecule has 0 saturated carbocycles. The van der Waals surface area contributed by atoms with Crippen molar-refractivity contribution in [2.75, 3.05) is 0 Å². The third kappa shape index (κ3) is 4.91. The van der Waals surface area contributed by atoms with Gasteiger partial charge < -0.3 is 10.3 Å². The first kappa shape index (κ1) is 24.9. The lowest BCUT2D eigenvalue weighted by atomic mass is 10.0. The molecular weight excluding hydrogens is 475 g/mol. The van der Waals surface area contributed by atoms with Crippen LogP contribution in [0.1, 0.15) is 32.3 Å². The Hall–Kier alpha value is -4.78. The lowest BCUT2D eigenvalue weighted by molar-refractivity contribution is 0.628. The van der Waals surface area contributed by atoms with Crippen molar-refractivity contribution in [2.45, 2.75) is 26.7 Å². The summed E-state index contributed by atoms with van der Waals surface area (Å²) in [5.41, 5.74) is 8.78. The van der Waals surface area contributed by atoms with E-state index in [-0.39, 0.29) is 5.82 Å². The molecule has 0 aliphatic carbocycles. The number of hydrogen-bond donors (Lipinski definition) is 3. The zero-order valence-corrected chi connectivity index (χ0v) is 21.5. The molecule has 3 N–H and O–H groups in total. The highest BCUT2D eigenvalue weighted by Crippen LogP contribution is 2.34. The minimum atomic E-state index is -0.270. The molecule has 7 heteroatoms. The fraction of sp³-hybridized carbons (Fsp3) is 0.129. The van der Waals surface area contributed by atoms with E-state index < -0.39 is 0 Å². The van der Waals surface area contributed by atoms with E-state index in [0.717, 1.165) is 74.2 Å². The molecule has 0 saturated heterocycles. The molecule has 1 aromatic carbocycles. The molecular formula is C31H29FN6. The normalized spacial score (nSPS) is 12.3. The SMILES string of the molecule is C=C/C(=C\C(=C/C)c1cnc2n[nH]c(-c3cc4c(-c5ccc(F)cc5)cncc4[nH]3)c2c1)NC(=C)CCC. The number of aromatic amines is 2. The number of rotatable bonds is 9. The van der Waals surface area contributed by atoms with Crippen LogP contribution in [0.25, 0.3) is 50.0 Å². The number of pyridine rings is 2. The quantitative estimate of drug-likeness (QED) is 0.180. The Morgan fingerprint density at radius 2 is 1.92 bits per heavy atom. The lowest BCUT2D eigenvalue weighted by Gasteiger charge is -2.11. The van der Waals surface area contributed by atoms with Crippen LogP contribution in [0.2, 0.25) is 0 Å². The van der Waals surface area contributed by atoms with Crippen LogP contribution in [0.5, 0.6) is 0 Å². The Bertz CT molecular complexity index is 1700. The average molecular weight is 505 g/mol. The molecule has 0 unspecified atom stereocenters. The number of allylic oxidation sites excluding steroid dienone is 5. The smallest absolute Gasteiger partial charge is 0.181 e. The lowest BCUT2D eigenvalue weighted by Crippen LogP contribution is -2.10. The predicted octanol–water partition coefficient (Wildman–Crippen LogP) is 7.68. The van der Waals surface area contributed by atoms with Crippen LogP contribution < -0.4 is 5.32 Å². The van der Waals surface area contributed by atoms with Crippen molar-refractivity contribution in [3.05, 3.63) is 109 Å². The van der Waals surface area contributed by atoms with Gasteiger partial charge in [-0.3, -0.25) is 10.1 Å². The van der Waals surface area contributed by atoms with Gasteiger partial charge in [-0.05, 0) is 60.9 Å². The second kappa shape index (κ2) is 10.7. The van der Waals surface area contributed by atoms with Crippen LogP contribution in [-0.4, -0.2) is 25.1 Å². The first-order valence-electron chi connectivity index (χ1n) is 12.5. The fourth-order valence-electron chi connectivity index (χ4n) is 4.52. The highest BCUT2D eigenvalue weighted by molar-refractivity contribution is 6.00. The molecule has 0 atom stereocenters. The zero-order valence-electron chi connectivity index (χ0n) is 21.5. The van der Waals surface area contributed by atoms with Crippen LogP contribution in [0.15, 0.2) is 97.8 Å². The summed E-state index contributed by atoms with van der Waals surface area (Å²) in [6, 6.07) is 10.6. The van der Waals surface area contributed by atoms with Gasteiger partial charge in [0.25, 0.3) is 0 Å². The summed E-state index contributed by atoms with van der Waals surface area (Å²) in [6.45, 7) is 12.2. The molecule has 0 spiro atoms. The molecule has 5 aromatic rings. The predicted molar refractivity (Wildman–Crippen MR) is 153 cm³/mol. The number of halogens is 1. The molecule has 190 valence electrons. The average Bonchev–Trinajstić information content (AvgIpc) is 3.55. The maximum atomic E-state index is 13.5. The van der Waals surface area contributed by atoms with Crippen molar-refractivity contribution in [1.82, 2.24) is 30.5 Å². The summed E-state index contributed by atoms with van der Waals surface area (Å²) in [7, 11) is 0. The van der Waals surface area contributed by atoms with Crippen molar-refractivity contribution >= 4 is 27.5 Å². The maximum Gasteiger partial charge on any atom is 0.181 e. The van der Waals surface area contributed by atoms with Gasteiger partial charge in [0.05, 0.1) is 23.1 Å². The topological polar surface area (TPSA) is 82.3 Å². The fourth-order valence-corrected chi connectivity index (χ4v) is 4.52. The summed E-state index contributed by atoms with van der Waals surface area (Å²) in [4.78, 5) is 12.5. The van der Waals surface area contributed by atoms with Gasteiger partial charge in [-0.25, -0.2) is 9.37 Å². The Balaban J connectivity index is 1.54. The second-order valence-corrected chi connectivity index (χ2v) is 9.06. The van der Waals surface area contributed by atoms with Gasteiger partial charge in [-0.2, -0.15) is 5.10 Å². The largest absolute Gasteiger partial charge is 0.359 e. The first-order valence-corrected chi connectivity index (χ1v) is 12.5. The van der Waals surface area contributed by atoms with Crippen LogP contribution in [0, 0.1) is 5.82 Å². The van der Waals surface area contributed by atoms with Gasteiger partial charge in [0.15, 0.2) is 5.65 Å². The minimum absolute atomic E-state index is 0.270. The van der Waals surface area contributed by atoms with E-state index in [2.05, 4.69) is 62.7 Å². The Kier molecular flexibility index (Phi) is 7.00. The van der Waals surface area contributed by atoms with Gasteiger partial charge in [-0.1, -0.05) is 44.7 Å². The van der Waals surface area contributed by atoms with Gasteiger partial charge in [0.1, 0.15) is 5.82 Å². The van der Waals surface area contributed by atoms with E-state index in [1.165, 1.54) is 12.1 Å². The molecule has 4 aromatic heterocycles. The summed E-state index contributed by atoms with van der Waals surface area (Å²) in [5.74, 6) is -0.270. The second-order valence-electron chi connectivity index (χ2n) is 9.06. The van der Waals surface area contributed by atoms with Crippen LogP contribution in [0.4, 0.5) is 4.39 Å². The number of H-pyrrole nitrogens is 2. The molecule has 38 heavy (non-hydrogen) atoms. The van der Waals surface area contributed by atoms with E-state index in [1.807, 2.05) is 25.3 Å². The Labute approximate surface area is 220 Å². The molecule has 0 fully saturated rings. The highest BCUT2D eigenvalue weighted by atomic mass is 19.1. The van der Waals surface area contributed by atoms with E-state index in [0.29, 0.717) is 5.65 Å².